The van der Waals surface area contributed by atoms with Crippen LogP contribution >= 0.6 is 0 Å². The highest BCUT2D eigenvalue weighted by molar-refractivity contribution is 4.85. The van der Waals surface area contributed by atoms with Gasteiger partial charge in [-0.15, -0.1) is 0 Å². The lowest BCUT2D eigenvalue weighted by Crippen LogP contribution is -2.27. The molecule has 0 unspecified atom stereocenters. The molecule has 2 heteroatoms. The Morgan fingerprint density at radius 3 is 2.45 bits per heavy atom. The summed E-state index contributed by atoms with van der Waals surface area (Å²) in [5.41, 5.74) is 0. The first-order valence-corrected chi connectivity index (χ1v) is 4.45. The van der Waals surface area contributed by atoms with Crippen molar-refractivity contribution in [3.05, 3.63) is 0 Å². The highest BCUT2D eigenvalue weighted by Gasteiger charge is 2.35. The summed E-state index contributed by atoms with van der Waals surface area (Å²) in [5, 5.41) is 18.5. The molecule has 0 aromatic carbocycles. The van der Waals surface area contributed by atoms with Gasteiger partial charge in [0.2, 0.25) is 0 Å². The summed E-state index contributed by atoms with van der Waals surface area (Å²) in [6.45, 7) is 4.37. The van der Waals surface area contributed by atoms with E-state index in [1.54, 1.807) is 0 Å². The Morgan fingerprint density at radius 1 is 1.45 bits per heavy atom. The summed E-state index contributed by atoms with van der Waals surface area (Å²) in [7, 11) is 0. The fourth-order valence-corrected chi connectivity index (χ4v) is 2.26. The number of rotatable bonds is 2. The van der Waals surface area contributed by atoms with Gasteiger partial charge in [0.05, 0.1) is 6.10 Å². The minimum absolute atomic E-state index is 0.174. The maximum absolute atomic E-state index is 9.55. The fourth-order valence-electron chi connectivity index (χ4n) is 2.26. The Morgan fingerprint density at radius 2 is 2.09 bits per heavy atom. The Bertz CT molecular complexity index is 115. The maximum atomic E-state index is 9.55. The van der Waals surface area contributed by atoms with Crippen molar-refractivity contribution >= 4 is 0 Å². The average Bonchev–Trinajstić information content (AvgIpc) is 2.30. The van der Waals surface area contributed by atoms with E-state index in [1.165, 1.54) is 0 Å². The molecule has 1 aliphatic carbocycles. The van der Waals surface area contributed by atoms with E-state index in [0.29, 0.717) is 11.8 Å². The van der Waals surface area contributed by atoms with E-state index in [9.17, 15) is 5.11 Å². The standard InChI is InChI=1S/C9H18O2/c1-6-3-4-8(11)9(6)7(2)5-10/h6-11H,3-5H2,1-2H3/t6-,7-,8+,9+/m1/s1. The largest absolute Gasteiger partial charge is 0.396 e. The highest BCUT2D eigenvalue weighted by atomic mass is 16.3. The molecule has 1 rings (SSSR count). The zero-order valence-electron chi connectivity index (χ0n) is 7.33. The van der Waals surface area contributed by atoms with Crippen LogP contribution in [0.15, 0.2) is 0 Å². The summed E-state index contributed by atoms with van der Waals surface area (Å²) >= 11 is 0. The minimum atomic E-state index is -0.174. The third-order valence-electron chi connectivity index (χ3n) is 2.96. The molecule has 0 aromatic heterocycles. The zero-order valence-corrected chi connectivity index (χ0v) is 7.33. The van der Waals surface area contributed by atoms with Crippen LogP contribution in [0, 0.1) is 17.8 Å². The van der Waals surface area contributed by atoms with Crippen LogP contribution in [0.4, 0.5) is 0 Å². The van der Waals surface area contributed by atoms with E-state index in [4.69, 9.17) is 5.11 Å². The summed E-state index contributed by atoms with van der Waals surface area (Å²) in [6, 6.07) is 0. The molecular weight excluding hydrogens is 140 g/mol. The van der Waals surface area contributed by atoms with Crippen LogP contribution in [0.2, 0.25) is 0 Å². The predicted octanol–water partition coefficient (Wildman–Crippen LogP) is 1.02. The number of hydrogen-bond acceptors (Lipinski definition) is 2. The van der Waals surface area contributed by atoms with Crippen molar-refractivity contribution < 1.29 is 10.2 Å². The van der Waals surface area contributed by atoms with Gasteiger partial charge in [-0.2, -0.15) is 0 Å². The molecule has 0 heterocycles. The molecule has 1 aliphatic rings. The smallest absolute Gasteiger partial charge is 0.0574 e. The highest BCUT2D eigenvalue weighted by Crippen LogP contribution is 2.36. The third-order valence-corrected chi connectivity index (χ3v) is 2.96. The lowest BCUT2D eigenvalue weighted by Gasteiger charge is -2.24. The molecule has 1 fully saturated rings. The second kappa shape index (κ2) is 3.55. The van der Waals surface area contributed by atoms with Crippen molar-refractivity contribution in [2.45, 2.75) is 32.8 Å². The van der Waals surface area contributed by atoms with Gasteiger partial charge >= 0.3 is 0 Å². The average molecular weight is 158 g/mol. The Hall–Kier alpha value is -0.0800. The predicted molar refractivity (Wildman–Crippen MR) is 44.1 cm³/mol. The van der Waals surface area contributed by atoms with E-state index in [-0.39, 0.29) is 18.6 Å². The van der Waals surface area contributed by atoms with Gasteiger partial charge in [0, 0.05) is 6.61 Å². The van der Waals surface area contributed by atoms with Gasteiger partial charge in [-0.1, -0.05) is 13.8 Å². The van der Waals surface area contributed by atoms with Crippen molar-refractivity contribution in [2.75, 3.05) is 6.61 Å². The molecule has 11 heavy (non-hydrogen) atoms. The zero-order chi connectivity index (χ0) is 8.43. The van der Waals surface area contributed by atoms with Crippen molar-refractivity contribution in [1.82, 2.24) is 0 Å². The molecule has 2 nitrogen and oxygen atoms in total. The summed E-state index contributed by atoms with van der Waals surface area (Å²) in [6.07, 6.45) is 1.85. The molecule has 0 saturated heterocycles. The van der Waals surface area contributed by atoms with Crippen molar-refractivity contribution in [3.8, 4) is 0 Å². The SMILES string of the molecule is C[C@H](CO)[C@@H]1[C@H](C)CC[C@@H]1O. The van der Waals surface area contributed by atoms with Crippen LogP contribution in [-0.4, -0.2) is 22.9 Å². The topological polar surface area (TPSA) is 40.5 Å². The van der Waals surface area contributed by atoms with E-state index in [1.807, 2.05) is 6.92 Å². The van der Waals surface area contributed by atoms with E-state index in [0.717, 1.165) is 12.8 Å². The molecule has 66 valence electrons. The number of hydrogen-bond donors (Lipinski definition) is 2. The molecule has 0 spiro atoms. The van der Waals surface area contributed by atoms with Crippen LogP contribution in [0.25, 0.3) is 0 Å². The van der Waals surface area contributed by atoms with Crippen LogP contribution < -0.4 is 0 Å². The molecule has 0 aliphatic heterocycles. The second-order valence-corrected chi connectivity index (χ2v) is 3.86. The van der Waals surface area contributed by atoms with Crippen LogP contribution in [0.1, 0.15) is 26.7 Å². The second-order valence-electron chi connectivity index (χ2n) is 3.86. The Kier molecular flexibility index (Phi) is 2.90. The summed E-state index contributed by atoms with van der Waals surface area (Å²) in [4.78, 5) is 0. The van der Waals surface area contributed by atoms with Crippen LogP contribution in [0.5, 0.6) is 0 Å². The van der Waals surface area contributed by atoms with Gasteiger partial charge in [0.15, 0.2) is 0 Å². The van der Waals surface area contributed by atoms with Crippen molar-refractivity contribution in [3.63, 3.8) is 0 Å². The first-order valence-electron chi connectivity index (χ1n) is 4.45. The molecule has 0 bridgehead atoms. The molecule has 0 radical (unpaired) electrons. The molecule has 2 N–H and O–H groups in total. The van der Waals surface area contributed by atoms with Crippen LogP contribution in [-0.2, 0) is 0 Å². The normalized spacial score (nSPS) is 40.9. The molecule has 1 saturated carbocycles. The maximum Gasteiger partial charge on any atom is 0.0574 e. The van der Waals surface area contributed by atoms with Gasteiger partial charge in [-0.25, -0.2) is 0 Å². The van der Waals surface area contributed by atoms with E-state index in [2.05, 4.69) is 6.92 Å². The Labute approximate surface area is 68.2 Å². The van der Waals surface area contributed by atoms with Crippen molar-refractivity contribution in [2.24, 2.45) is 17.8 Å². The van der Waals surface area contributed by atoms with E-state index < -0.39 is 0 Å². The summed E-state index contributed by atoms with van der Waals surface area (Å²) < 4.78 is 0. The first kappa shape index (κ1) is 9.01. The van der Waals surface area contributed by atoms with Crippen molar-refractivity contribution in [1.29, 1.82) is 0 Å². The number of aliphatic hydroxyl groups is 2. The van der Waals surface area contributed by atoms with Gasteiger partial charge in [-0.05, 0) is 30.6 Å². The Balaban J connectivity index is 2.53. The third kappa shape index (κ3) is 1.74. The first-order chi connectivity index (χ1) is 5.16. The van der Waals surface area contributed by atoms with Gasteiger partial charge < -0.3 is 10.2 Å². The fraction of sp³-hybridized carbons (Fsp3) is 1.00. The quantitative estimate of drug-likeness (QED) is 0.630. The van der Waals surface area contributed by atoms with Gasteiger partial charge in [-0.3, -0.25) is 0 Å². The van der Waals surface area contributed by atoms with Gasteiger partial charge in [0.1, 0.15) is 0 Å². The van der Waals surface area contributed by atoms with Crippen LogP contribution in [0.3, 0.4) is 0 Å². The van der Waals surface area contributed by atoms with Gasteiger partial charge in [0.25, 0.3) is 0 Å². The monoisotopic (exact) mass is 158 g/mol. The molecular formula is C9H18O2. The van der Waals surface area contributed by atoms with E-state index >= 15 is 0 Å². The lowest BCUT2D eigenvalue weighted by molar-refractivity contribution is 0.0615. The lowest BCUT2D eigenvalue weighted by atomic mass is 9.85. The number of aliphatic hydroxyl groups excluding tert-OH is 2. The minimum Gasteiger partial charge on any atom is -0.396 e. The summed E-state index contributed by atoms with van der Waals surface area (Å²) in [5.74, 6) is 1.15. The molecule has 4 atom stereocenters. The molecule has 0 amide bonds. The molecule has 0 aromatic rings.